The molecule has 0 atom stereocenters. The Morgan fingerprint density at radius 1 is 1.00 bits per heavy atom. The number of aliphatic carboxylic acids is 1. The van der Waals surface area contributed by atoms with Crippen LogP contribution in [-0.4, -0.2) is 29.4 Å². The highest BCUT2D eigenvalue weighted by Gasteiger charge is 2.14. The maximum atomic E-state index is 12.3. The molecule has 0 fully saturated rings. The van der Waals surface area contributed by atoms with Crippen LogP contribution < -0.4 is 10.6 Å². The van der Waals surface area contributed by atoms with Crippen LogP contribution in [0.2, 0.25) is 5.02 Å². The van der Waals surface area contributed by atoms with Crippen molar-refractivity contribution in [2.75, 3.05) is 11.9 Å². The van der Waals surface area contributed by atoms with Crippen molar-refractivity contribution in [2.45, 2.75) is 6.42 Å². The third-order valence-corrected chi connectivity index (χ3v) is 3.37. The van der Waals surface area contributed by atoms with Crippen LogP contribution in [0.15, 0.2) is 48.5 Å². The van der Waals surface area contributed by atoms with Crippen LogP contribution in [-0.2, 0) is 4.79 Å². The molecule has 0 aliphatic heterocycles. The van der Waals surface area contributed by atoms with Gasteiger partial charge in [-0.05, 0) is 30.3 Å². The van der Waals surface area contributed by atoms with Crippen LogP contribution in [0.1, 0.15) is 27.1 Å². The molecule has 0 bridgehead atoms. The second kappa shape index (κ2) is 8.12. The monoisotopic (exact) mass is 346 g/mol. The molecule has 0 unspecified atom stereocenters. The molecule has 7 heteroatoms. The van der Waals surface area contributed by atoms with Crippen molar-refractivity contribution in [3.63, 3.8) is 0 Å². The van der Waals surface area contributed by atoms with Gasteiger partial charge in [-0.15, -0.1) is 0 Å². The second-order valence-electron chi connectivity index (χ2n) is 4.91. The molecule has 2 aromatic carbocycles. The van der Waals surface area contributed by atoms with E-state index >= 15 is 0 Å². The van der Waals surface area contributed by atoms with Gasteiger partial charge < -0.3 is 15.7 Å². The normalized spacial score (nSPS) is 10.0. The van der Waals surface area contributed by atoms with E-state index in [1.165, 1.54) is 6.07 Å². The lowest BCUT2D eigenvalue weighted by atomic mass is 10.1. The summed E-state index contributed by atoms with van der Waals surface area (Å²) in [5, 5.41) is 14.2. The predicted octanol–water partition coefficient (Wildman–Crippen LogP) is 2.80. The molecule has 0 aliphatic carbocycles. The lowest BCUT2D eigenvalue weighted by Gasteiger charge is -2.11. The first-order valence-electron chi connectivity index (χ1n) is 7.13. The minimum absolute atomic E-state index is 0.00470. The zero-order chi connectivity index (χ0) is 17.5. The first-order valence-corrected chi connectivity index (χ1v) is 7.51. The molecule has 0 aromatic heterocycles. The number of hydrogen-bond donors (Lipinski definition) is 3. The summed E-state index contributed by atoms with van der Waals surface area (Å²) >= 11 is 5.86. The molecule has 124 valence electrons. The number of amides is 2. The molecule has 0 aliphatic rings. The first-order chi connectivity index (χ1) is 11.5. The largest absolute Gasteiger partial charge is 0.481 e. The van der Waals surface area contributed by atoms with Gasteiger partial charge in [0, 0.05) is 17.1 Å². The Labute approximate surface area is 143 Å². The number of anilines is 1. The van der Waals surface area contributed by atoms with E-state index in [1.807, 2.05) is 0 Å². The summed E-state index contributed by atoms with van der Waals surface area (Å²) in [5.74, 6) is -1.86. The van der Waals surface area contributed by atoms with Crippen LogP contribution in [0.5, 0.6) is 0 Å². The van der Waals surface area contributed by atoms with Crippen molar-refractivity contribution in [3.8, 4) is 0 Å². The first kappa shape index (κ1) is 17.5. The van der Waals surface area contributed by atoms with Crippen LogP contribution in [0.3, 0.4) is 0 Å². The van der Waals surface area contributed by atoms with E-state index in [1.54, 1.807) is 42.5 Å². The summed E-state index contributed by atoms with van der Waals surface area (Å²) in [6, 6.07) is 12.9. The molecule has 0 heterocycles. The van der Waals surface area contributed by atoms with E-state index in [9.17, 15) is 14.4 Å². The topological polar surface area (TPSA) is 95.5 Å². The Morgan fingerprint density at radius 3 is 2.46 bits per heavy atom. The third kappa shape index (κ3) is 4.82. The Hall–Kier alpha value is -2.86. The van der Waals surface area contributed by atoms with Gasteiger partial charge in [-0.25, -0.2) is 0 Å². The minimum atomic E-state index is -1.00. The van der Waals surface area contributed by atoms with Gasteiger partial charge in [0.15, 0.2) is 0 Å². The maximum absolute atomic E-state index is 12.3. The van der Waals surface area contributed by atoms with Crippen molar-refractivity contribution >= 4 is 35.1 Å². The summed E-state index contributed by atoms with van der Waals surface area (Å²) in [7, 11) is 0. The Kier molecular flexibility index (Phi) is 5.92. The van der Waals surface area contributed by atoms with Gasteiger partial charge in [0.25, 0.3) is 11.8 Å². The highest BCUT2D eigenvalue weighted by Crippen LogP contribution is 2.17. The molecule has 0 saturated heterocycles. The molecule has 2 rings (SSSR count). The summed E-state index contributed by atoms with van der Waals surface area (Å²) < 4.78 is 0. The average molecular weight is 347 g/mol. The quantitative estimate of drug-likeness (QED) is 0.749. The molecule has 24 heavy (non-hydrogen) atoms. The smallest absolute Gasteiger partial charge is 0.305 e. The van der Waals surface area contributed by atoms with Crippen molar-refractivity contribution < 1.29 is 19.5 Å². The van der Waals surface area contributed by atoms with Crippen LogP contribution in [0.4, 0.5) is 5.69 Å². The van der Waals surface area contributed by atoms with E-state index < -0.39 is 17.8 Å². The van der Waals surface area contributed by atoms with E-state index in [-0.39, 0.29) is 18.5 Å². The van der Waals surface area contributed by atoms with Crippen molar-refractivity contribution in [1.82, 2.24) is 5.32 Å². The van der Waals surface area contributed by atoms with Gasteiger partial charge in [0.2, 0.25) is 0 Å². The molecule has 0 spiro atoms. The summed E-state index contributed by atoms with van der Waals surface area (Å²) in [6.07, 6.45) is -0.178. The molecular weight excluding hydrogens is 332 g/mol. The number of carboxylic acid groups (broad SMARTS) is 1. The van der Waals surface area contributed by atoms with E-state index in [4.69, 9.17) is 16.7 Å². The minimum Gasteiger partial charge on any atom is -0.481 e. The van der Waals surface area contributed by atoms with Crippen molar-refractivity contribution in [1.29, 1.82) is 0 Å². The number of rotatable bonds is 6. The number of nitrogens with one attached hydrogen (secondary N) is 2. The van der Waals surface area contributed by atoms with Gasteiger partial charge in [-0.2, -0.15) is 0 Å². The summed E-state index contributed by atoms with van der Waals surface area (Å²) in [6.45, 7) is 0.00470. The number of hydrogen-bond acceptors (Lipinski definition) is 3. The molecule has 2 aromatic rings. The molecule has 3 N–H and O–H groups in total. The zero-order valence-electron chi connectivity index (χ0n) is 12.6. The fourth-order valence-electron chi connectivity index (χ4n) is 1.99. The van der Waals surface area contributed by atoms with Gasteiger partial charge in [-0.3, -0.25) is 14.4 Å². The van der Waals surface area contributed by atoms with Crippen LogP contribution in [0.25, 0.3) is 0 Å². The molecule has 0 radical (unpaired) electrons. The van der Waals surface area contributed by atoms with Crippen molar-refractivity contribution in [2.24, 2.45) is 0 Å². The van der Waals surface area contributed by atoms with Gasteiger partial charge in [0.1, 0.15) is 0 Å². The highest BCUT2D eigenvalue weighted by atomic mass is 35.5. The third-order valence-electron chi connectivity index (χ3n) is 3.13. The van der Waals surface area contributed by atoms with E-state index in [2.05, 4.69) is 10.6 Å². The number of carboxylic acids is 1. The molecular formula is C17H15ClN2O4. The standard InChI is InChI=1S/C17H15ClN2O4/c18-12-5-3-4-11(10-12)16(23)20-14-7-2-1-6-13(14)17(24)19-9-8-15(21)22/h1-7,10H,8-9H2,(H,19,24)(H,20,23)(H,21,22). The number of halogens is 1. The van der Waals surface area contributed by atoms with Crippen LogP contribution >= 0.6 is 11.6 Å². The molecule has 6 nitrogen and oxygen atoms in total. The fourth-order valence-corrected chi connectivity index (χ4v) is 2.18. The second-order valence-corrected chi connectivity index (χ2v) is 5.35. The summed E-state index contributed by atoms with van der Waals surface area (Å²) in [4.78, 5) is 34.9. The lowest BCUT2D eigenvalue weighted by molar-refractivity contribution is -0.136. The van der Waals surface area contributed by atoms with Gasteiger partial charge in [0.05, 0.1) is 17.7 Å². The number of carbonyl (C=O) groups excluding carboxylic acids is 2. The Bertz CT molecular complexity index is 777. The molecule has 0 saturated carbocycles. The van der Waals surface area contributed by atoms with Gasteiger partial charge in [-0.1, -0.05) is 29.8 Å². The summed E-state index contributed by atoms with van der Waals surface area (Å²) in [5.41, 5.74) is 0.942. The lowest BCUT2D eigenvalue weighted by Crippen LogP contribution is -2.27. The van der Waals surface area contributed by atoms with Gasteiger partial charge >= 0.3 is 5.97 Å². The van der Waals surface area contributed by atoms with E-state index in [0.29, 0.717) is 16.3 Å². The Balaban J connectivity index is 2.12. The number of para-hydroxylation sites is 1. The maximum Gasteiger partial charge on any atom is 0.305 e. The average Bonchev–Trinajstić information content (AvgIpc) is 2.55. The zero-order valence-corrected chi connectivity index (χ0v) is 13.3. The number of benzene rings is 2. The Morgan fingerprint density at radius 2 is 1.75 bits per heavy atom. The highest BCUT2D eigenvalue weighted by molar-refractivity contribution is 6.31. The van der Waals surface area contributed by atoms with E-state index in [0.717, 1.165) is 0 Å². The fraction of sp³-hybridized carbons (Fsp3) is 0.118. The predicted molar refractivity (Wildman–Crippen MR) is 90.4 cm³/mol. The van der Waals surface area contributed by atoms with Crippen molar-refractivity contribution in [3.05, 3.63) is 64.7 Å². The van der Waals surface area contributed by atoms with Crippen LogP contribution in [0, 0.1) is 0 Å². The number of carbonyl (C=O) groups is 3. The SMILES string of the molecule is O=C(O)CCNC(=O)c1ccccc1NC(=O)c1cccc(Cl)c1. The molecule has 2 amide bonds.